The molecule has 0 aliphatic carbocycles. The van der Waals surface area contributed by atoms with E-state index < -0.39 is 0 Å². The number of aromatic nitrogens is 2. The lowest BCUT2D eigenvalue weighted by Gasteiger charge is -2.21. The second kappa shape index (κ2) is 4.72. The van der Waals surface area contributed by atoms with Crippen LogP contribution in [-0.2, 0) is 13.0 Å². The van der Waals surface area contributed by atoms with Crippen molar-refractivity contribution in [2.24, 2.45) is 5.73 Å². The molecule has 1 aromatic heterocycles. The van der Waals surface area contributed by atoms with E-state index in [0.717, 1.165) is 23.3 Å². The van der Waals surface area contributed by atoms with Gasteiger partial charge in [0.15, 0.2) is 0 Å². The van der Waals surface area contributed by atoms with Gasteiger partial charge in [0.2, 0.25) is 0 Å². The normalized spacial score (nSPS) is 12.3. The standard InChI is InChI=1S/C13H17Cl2N3/c1-4-12-17-10-5-8(14)9(15)6-11(10)18(12)7-13(2,3)16/h5-6H,4,7,16H2,1-3H3. The van der Waals surface area contributed by atoms with Gasteiger partial charge in [0.05, 0.1) is 21.1 Å². The van der Waals surface area contributed by atoms with Gasteiger partial charge in [-0.2, -0.15) is 0 Å². The van der Waals surface area contributed by atoms with Crippen LogP contribution in [0.3, 0.4) is 0 Å². The van der Waals surface area contributed by atoms with Crippen molar-refractivity contribution in [1.82, 2.24) is 9.55 Å². The zero-order chi connectivity index (χ0) is 13.5. The number of rotatable bonds is 3. The number of hydrogen-bond acceptors (Lipinski definition) is 2. The van der Waals surface area contributed by atoms with E-state index in [1.165, 1.54) is 0 Å². The molecular weight excluding hydrogens is 269 g/mol. The third kappa shape index (κ3) is 2.63. The number of aryl methyl sites for hydroxylation is 1. The fourth-order valence-corrected chi connectivity index (χ4v) is 2.34. The van der Waals surface area contributed by atoms with Crippen LogP contribution in [-0.4, -0.2) is 15.1 Å². The predicted octanol–water partition coefficient (Wildman–Crippen LogP) is 3.64. The van der Waals surface area contributed by atoms with Gasteiger partial charge in [-0.3, -0.25) is 0 Å². The minimum absolute atomic E-state index is 0.302. The van der Waals surface area contributed by atoms with Crippen LogP contribution in [0, 0.1) is 0 Å². The van der Waals surface area contributed by atoms with E-state index >= 15 is 0 Å². The molecule has 3 nitrogen and oxygen atoms in total. The summed E-state index contributed by atoms with van der Waals surface area (Å²) in [5.41, 5.74) is 7.65. The number of nitrogens with two attached hydrogens (primary N) is 1. The summed E-state index contributed by atoms with van der Waals surface area (Å²) in [4.78, 5) is 4.58. The van der Waals surface area contributed by atoms with Gasteiger partial charge >= 0.3 is 0 Å². The monoisotopic (exact) mass is 285 g/mol. The van der Waals surface area contributed by atoms with E-state index in [-0.39, 0.29) is 5.54 Å². The molecule has 0 aliphatic rings. The van der Waals surface area contributed by atoms with Gasteiger partial charge in [-0.25, -0.2) is 4.98 Å². The molecular formula is C13H17Cl2N3. The van der Waals surface area contributed by atoms with Gasteiger partial charge in [-0.05, 0) is 26.0 Å². The molecule has 0 fully saturated rings. The van der Waals surface area contributed by atoms with Crippen molar-refractivity contribution in [3.8, 4) is 0 Å². The lowest BCUT2D eigenvalue weighted by Crippen LogP contribution is -2.37. The molecule has 18 heavy (non-hydrogen) atoms. The van der Waals surface area contributed by atoms with Gasteiger partial charge in [0.25, 0.3) is 0 Å². The maximum absolute atomic E-state index is 6.10. The first-order valence-corrected chi connectivity index (χ1v) is 6.70. The summed E-state index contributed by atoms with van der Waals surface area (Å²) < 4.78 is 2.12. The molecule has 98 valence electrons. The van der Waals surface area contributed by atoms with Crippen molar-refractivity contribution in [1.29, 1.82) is 0 Å². The molecule has 1 heterocycles. The summed E-state index contributed by atoms with van der Waals surface area (Å²) >= 11 is 12.1. The van der Waals surface area contributed by atoms with E-state index in [0.29, 0.717) is 16.6 Å². The molecule has 0 saturated heterocycles. The molecule has 0 radical (unpaired) electrons. The number of halogens is 2. The zero-order valence-corrected chi connectivity index (χ0v) is 12.3. The van der Waals surface area contributed by atoms with E-state index in [4.69, 9.17) is 28.9 Å². The zero-order valence-electron chi connectivity index (χ0n) is 10.8. The van der Waals surface area contributed by atoms with E-state index in [1.54, 1.807) is 6.07 Å². The Kier molecular flexibility index (Phi) is 3.58. The Morgan fingerprint density at radius 2 is 1.89 bits per heavy atom. The number of imidazole rings is 1. The molecule has 5 heteroatoms. The summed E-state index contributed by atoms with van der Waals surface area (Å²) in [7, 11) is 0. The van der Waals surface area contributed by atoms with Crippen molar-refractivity contribution < 1.29 is 0 Å². The third-order valence-corrected chi connectivity index (χ3v) is 3.47. The average molecular weight is 286 g/mol. The third-order valence-electron chi connectivity index (χ3n) is 2.75. The van der Waals surface area contributed by atoms with E-state index in [1.807, 2.05) is 19.9 Å². The highest BCUT2D eigenvalue weighted by molar-refractivity contribution is 6.42. The summed E-state index contributed by atoms with van der Waals surface area (Å²) in [6, 6.07) is 3.66. The highest BCUT2D eigenvalue weighted by Crippen LogP contribution is 2.29. The molecule has 0 saturated carbocycles. The number of benzene rings is 1. The van der Waals surface area contributed by atoms with Crippen molar-refractivity contribution in [2.45, 2.75) is 39.3 Å². The summed E-state index contributed by atoms with van der Waals surface area (Å²) in [6.07, 6.45) is 0.847. The number of nitrogens with zero attached hydrogens (tertiary/aromatic N) is 2. The van der Waals surface area contributed by atoms with Crippen LogP contribution in [0.25, 0.3) is 11.0 Å². The Balaban J connectivity index is 2.65. The van der Waals surface area contributed by atoms with Gasteiger partial charge < -0.3 is 10.3 Å². The van der Waals surface area contributed by atoms with Crippen LogP contribution >= 0.6 is 23.2 Å². The molecule has 0 spiro atoms. The molecule has 2 rings (SSSR count). The Bertz CT molecular complexity index is 582. The van der Waals surface area contributed by atoms with Crippen molar-refractivity contribution in [3.05, 3.63) is 28.0 Å². The Morgan fingerprint density at radius 3 is 2.44 bits per heavy atom. The molecule has 2 aromatic rings. The minimum Gasteiger partial charge on any atom is -0.326 e. The Morgan fingerprint density at radius 1 is 1.28 bits per heavy atom. The molecule has 0 atom stereocenters. The van der Waals surface area contributed by atoms with Gasteiger partial charge in [0.1, 0.15) is 5.82 Å². The highest BCUT2D eigenvalue weighted by Gasteiger charge is 2.18. The van der Waals surface area contributed by atoms with Gasteiger partial charge in [0, 0.05) is 18.5 Å². The number of fused-ring (bicyclic) bond motifs is 1. The molecule has 0 bridgehead atoms. The van der Waals surface area contributed by atoms with Crippen LogP contribution in [0.15, 0.2) is 12.1 Å². The Labute approximate surface area is 117 Å². The molecule has 0 amide bonds. The minimum atomic E-state index is -0.302. The van der Waals surface area contributed by atoms with Crippen LogP contribution in [0.1, 0.15) is 26.6 Å². The number of hydrogen-bond donors (Lipinski definition) is 1. The van der Waals surface area contributed by atoms with Crippen molar-refractivity contribution >= 4 is 34.2 Å². The largest absolute Gasteiger partial charge is 0.326 e. The van der Waals surface area contributed by atoms with Crippen LogP contribution < -0.4 is 5.73 Å². The first-order valence-electron chi connectivity index (χ1n) is 5.95. The first kappa shape index (κ1) is 13.7. The van der Waals surface area contributed by atoms with Crippen LogP contribution in [0.2, 0.25) is 10.0 Å². The predicted molar refractivity (Wildman–Crippen MR) is 77.4 cm³/mol. The van der Waals surface area contributed by atoms with Gasteiger partial charge in [-0.1, -0.05) is 30.1 Å². The molecule has 2 N–H and O–H groups in total. The maximum Gasteiger partial charge on any atom is 0.109 e. The lowest BCUT2D eigenvalue weighted by atomic mass is 10.1. The average Bonchev–Trinajstić information content (AvgIpc) is 2.55. The summed E-state index contributed by atoms with van der Waals surface area (Å²) in [5, 5.41) is 1.08. The van der Waals surface area contributed by atoms with Crippen LogP contribution in [0.4, 0.5) is 0 Å². The second-order valence-electron chi connectivity index (χ2n) is 5.21. The Hall–Kier alpha value is -0.770. The van der Waals surface area contributed by atoms with Crippen molar-refractivity contribution in [2.75, 3.05) is 0 Å². The topological polar surface area (TPSA) is 43.8 Å². The fourth-order valence-electron chi connectivity index (χ4n) is 2.02. The fraction of sp³-hybridized carbons (Fsp3) is 0.462. The van der Waals surface area contributed by atoms with Gasteiger partial charge in [-0.15, -0.1) is 0 Å². The summed E-state index contributed by atoms with van der Waals surface area (Å²) in [5.74, 6) is 1.00. The highest BCUT2D eigenvalue weighted by atomic mass is 35.5. The first-order chi connectivity index (χ1) is 8.31. The SMILES string of the molecule is CCc1nc2cc(Cl)c(Cl)cc2n1CC(C)(C)N. The van der Waals surface area contributed by atoms with Crippen LogP contribution in [0.5, 0.6) is 0 Å². The van der Waals surface area contributed by atoms with E-state index in [2.05, 4.69) is 16.5 Å². The quantitative estimate of drug-likeness (QED) is 0.936. The van der Waals surface area contributed by atoms with E-state index in [9.17, 15) is 0 Å². The summed E-state index contributed by atoms with van der Waals surface area (Å²) in [6.45, 7) is 6.76. The van der Waals surface area contributed by atoms with Crippen molar-refractivity contribution in [3.63, 3.8) is 0 Å². The molecule has 0 aliphatic heterocycles. The molecule has 1 aromatic carbocycles. The smallest absolute Gasteiger partial charge is 0.109 e. The lowest BCUT2D eigenvalue weighted by molar-refractivity contribution is 0.432. The second-order valence-corrected chi connectivity index (χ2v) is 6.03. The molecule has 0 unspecified atom stereocenters. The maximum atomic E-state index is 6.10.